The minimum Gasteiger partial charge on any atom is -0.467 e. The average molecular weight is 374 g/mol. The first-order chi connectivity index (χ1) is 12.8. The molecule has 1 N–H and O–H groups in total. The zero-order valence-electron chi connectivity index (χ0n) is 14.6. The number of anilines is 1. The number of nitrogens with zero attached hydrogens (tertiary/aromatic N) is 1. The number of benzene rings is 2. The number of carbonyl (C=O) groups is 2. The predicted octanol–water partition coefficient (Wildman–Crippen LogP) is 3.52. The molecule has 2 bridgehead atoms. The molecule has 2 aromatic carbocycles. The predicted molar refractivity (Wildman–Crippen MR) is 91.5 cm³/mol. The average Bonchev–Trinajstić information content (AvgIpc) is 2.63. The molecule has 1 fully saturated rings. The second-order valence-electron chi connectivity index (χ2n) is 6.66. The lowest BCUT2D eigenvalue weighted by atomic mass is 9.89. The highest BCUT2D eigenvalue weighted by Gasteiger charge is 2.50. The molecule has 2 amide bonds. The molecule has 0 radical (unpaired) electrons. The van der Waals surface area contributed by atoms with Crippen molar-refractivity contribution >= 4 is 17.7 Å². The lowest BCUT2D eigenvalue weighted by Gasteiger charge is -2.50. The maximum atomic E-state index is 13.7. The molecule has 0 unspecified atom stereocenters. The Morgan fingerprint density at radius 1 is 1.26 bits per heavy atom. The molecule has 2 aliphatic heterocycles. The van der Waals surface area contributed by atoms with E-state index >= 15 is 0 Å². The minimum atomic E-state index is -1.10. The summed E-state index contributed by atoms with van der Waals surface area (Å²) in [6.07, 6.45) is 0.357. The van der Waals surface area contributed by atoms with Crippen LogP contribution in [0.25, 0.3) is 0 Å². The summed E-state index contributed by atoms with van der Waals surface area (Å²) in [7, 11) is 1.29. The van der Waals surface area contributed by atoms with Gasteiger partial charge in [-0.1, -0.05) is 0 Å². The van der Waals surface area contributed by atoms with Gasteiger partial charge in [0.15, 0.2) is 17.4 Å². The van der Waals surface area contributed by atoms with E-state index in [1.54, 1.807) is 25.1 Å². The van der Waals surface area contributed by atoms with Crippen molar-refractivity contribution in [3.63, 3.8) is 0 Å². The SMILES string of the molecule is COC(=O)c1ccc2c(c1)[C@@H]1C[C@@](C)(O2)N(c2ccc(F)c(F)c2)C(=O)N1. The Kier molecular flexibility index (Phi) is 3.80. The molecule has 2 atom stereocenters. The normalized spacial score (nSPS) is 23.2. The van der Waals surface area contributed by atoms with Gasteiger partial charge >= 0.3 is 12.0 Å². The zero-order valence-corrected chi connectivity index (χ0v) is 14.6. The third-order valence-corrected chi connectivity index (χ3v) is 4.85. The van der Waals surface area contributed by atoms with E-state index in [4.69, 9.17) is 9.47 Å². The fourth-order valence-electron chi connectivity index (χ4n) is 3.63. The van der Waals surface area contributed by atoms with Crippen molar-refractivity contribution in [3.8, 4) is 5.75 Å². The lowest BCUT2D eigenvalue weighted by Crippen LogP contribution is -2.65. The number of halogens is 2. The maximum Gasteiger partial charge on any atom is 0.337 e. The first kappa shape index (κ1) is 17.3. The number of esters is 1. The lowest BCUT2D eigenvalue weighted by molar-refractivity contribution is 0.0377. The van der Waals surface area contributed by atoms with E-state index in [1.807, 2.05) is 0 Å². The second-order valence-corrected chi connectivity index (χ2v) is 6.66. The molecule has 1 saturated heterocycles. The van der Waals surface area contributed by atoms with Crippen LogP contribution in [0.2, 0.25) is 0 Å². The van der Waals surface area contributed by atoms with E-state index in [1.165, 1.54) is 18.1 Å². The van der Waals surface area contributed by atoms with Crippen molar-refractivity contribution in [1.29, 1.82) is 0 Å². The standard InChI is InChI=1S/C19H16F2N2O4/c1-19-9-15(12-7-10(17(24)26-2)3-6-16(12)27-19)22-18(25)23(19)11-4-5-13(20)14(21)8-11/h3-8,15H,9H2,1-2H3,(H,22,25)/t15-,19+/m0/s1. The van der Waals surface area contributed by atoms with Gasteiger partial charge in [-0.3, -0.25) is 4.90 Å². The van der Waals surface area contributed by atoms with Crippen LogP contribution >= 0.6 is 0 Å². The number of urea groups is 1. The van der Waals surface area contributed by atoms with Gasteiger partial charge in [-0.15, -0.1) is 0 Å². The summed E-state index contributed by atoms with van der Waals surface area (Å²) in [4.78, 5) is 25.8. The highest BCUT2D eigenvalue weighted by Crippen LogP contribution is 2.45. The number of amides is 2. The Bertz CT molecular complexity index is 965. The highest BCUT2D eigenvalue weighted by atomic mass is 19.2. The van der Waals surface area contributed by atoms with Crippen LogP contribution in [0, 0.1) is 11.6 Å². The van der Waals surface area contributed by atoms with Gasteiger partial charge in [0.05, 0.1) is 24.4 Å². The molecule has 2 aromatic rings. The Hall–Kier alpha value is -3.16. The molecule has 8 heteroatoms. The van der Waals surface area contributed by atoms with Gasteiger partial charge in [0.2, 0.25) is 0 Å². The molecule has 0 aromatic heterocycles. The van der Waals surface area contributed by atoms with Gasteiger partial charge in [-0.05, 0) is 37.3 Å². The van der Waals surface area contributed by atoms with E-state index in [9.17, 15) is 18.4 Å². The van der Waals surface area contributed by atoms with E-state index in [0.717, 1.165) is 12.1 Å². The molecule has 0 saturated carbocycles. The van der Waals surface area contributed by atoms with E-state index in [-0.39, 0.29) is 5.69 Å². The van der Waals surface area contributed by atoms with Crippen LogP contribution in [0.5, 0.6) is 5.75 Å². The smallest absolute Gasteiger partial charge is 0.337 e. The number of methoxy groups -OCH3 is 1. The molecule has 2 aliphatic rings. The fourth-order valence-corrected chi connectivity index (χ4v) is 3.63. The Morgan fingerprint density at radius 2 is 2.04 bits per heavy atom. The summed E-state index contributed by atoms with van der Waals surface area (Å²) < 4.78 is 37.7. The third-order valence-electron chi connectivity index (χ3n) is 4.85. The van der Waals surface area contributed by atoms with Crippen LogP contribution in [0.3, 0.4) is 0 Å². The largest absolute Gasteiger partial charge is 0.467 e. The number of nitrogens with one attached hydrogen (secondary N) is 1. The van der Waals surface area contributed by atoms with Gasteiger partial charge in [0.1, 0.15) is 5.75 Å². The number of hydrogen-bond donors (Lipinski definition) is 1. The topological polar surface area (TPSA) is 67.9 Å². The van der Waals surface area contributed by atoms with E-state index in [2.05, 4.69) is 5.32 Å². The zero-order chi connectivity index (χ0) is 19.3. The maximum absolute atomic E-state index is 13.7. The van der Waals surface area contributed by atoms with E-state index < -0.39 is 35.4 Å². The number of fused-ring (bicyclic) bond motifs is 4. The van der Waals surface area contributed by atoms with Crippen LogP contribution < -0.4 is 15.0 Å². The summed E-state index contributed by atoms with van der Waals surface area (Å²) in [5.41, 5.74) is 0.0909. The van der Waals surface area contributed by atoms with Crippen LogP contribution in [0.1, 0.15) is 35.3 Å². The van der Waals surface area contributed by atoms with Gasteiger partial charge in [-0.25, -0.2) is 18.4 Å². The summed E-state index contributed by atoms with van der Waals surface area (Å²) >= 11 is 0. The minimum absolute atomic E-state index is 0.182. The quantitative estimate of drug-likeness (QED) is 0.817. The third kappa shape index (κ3) is 2.68. The molecular weight excluding hydrogens is 358 g/mol. The first-order valence-corrected chi connectivity index (χ1v) is 8.29. The second kappa shape index (κ2) is 5.94. The van der Waals surface area contributed by atoms with Crippen LogP contribution in [0.4, 0.5) is 19.3 Å². The van der Waals surface area contributed by atoms with Crippen LogP contribution in [-0.2, 0) is 4.74 Å². The van der Waals surface area contributed by atoms with Gasteiger partial charge in [0.25, 0.3) is 0 Å². The number of carbonyl (C=O) groups excluding carboxylic acids is 2. The Labute approximate surface area is 153 Å². The van der Waals surface area contributed by atoms with Crippen molar-refractivity contribution in [2.24, 2.45) is 0 Å². The molecule has 140 valence electrons. The van der Waals surface area contributed by atoms with E-state index in [0.29, 0.717) is 23.3 Å². The van der Waals surface area contributed by atoms with Crippen molar-refractivity contribution in [1.82, 2.24) is 5.32 Å². The highest BCUT2D eigenvalue weighted by molar-refractivity contribution is 5.95. The summed E-state index contributed by atoms with van der Waals surface area (Å²) in [5, 5.41) is 2.83. The van der Waals surface area contributed by atoms with Gasteiger partial charge in [0, 0.05) is 18.1 Å². The summed E-state index contributed by atoms with van der Waals surface area (Å²) in [5.74, 6) is -2.04. The number of rotatable bonds is 2. The molecule has 2 heterocycles. The monoisotopic (exact) mass is 374 g/mol. The van der Waals surface area contributed by atoms with Crippen molar-refractivity contribution in [2.45, 2.75) is 25.1 Å². The van der Waals surface area contributed by atoms with Gasteiger partial charge < -0.3 is 14.8 Å². The Balaban J connectivity index is 1.76. The first-order valence-electron chi connectivity index (χ1n) is 8.29. The molecule has 4 rings (SSSR count). The number of ether oxygens (including phenoxy) is 2. The van der Waals surface area contributed by atoms with Crippen molar-refractivity contribution in [3.05, 3.63) is 59.2 Å². The molecular formula is C19H16F2N2O4. The molecule has 0 aliphatic carbocycles. The van der Waals surface area contributed by atoms with Crippen molar-refractivity contribution in [2.75, 3.05) is 12.0 Å². The number of hydrogen-bond acceptors (Lipinski definition) is 4. The molecule has 6 nitrogen and oxygen atoms in total. The summed E-state index contributed by atoms with van der Waals surface area (Å²) in [6, 6.07) is 7.17. The van der Waals surface area contributed by atoms with Crippen LogP contribution in [-0.4, -0.2) is 24.8 Å². The van der Waals surface area contributed by atoms with Gasteiger partial charge in [-0.2, -0.15) is 0 Å². The van der Waals surface area contributed by atoms with Crippen LogP contribution in [0.15, 0.2) is 36.4 Å². The summed E-state index contributed by atoms with van der Waals surface area (Å²) in [6.45, 7) is 1.71. The van der Waals surface area contributed by atoms with Crippen molar-refractivity contribution < 1.29 is 27.8 Å². The molecule has 27 heavy (non-hydrogen) atoms. The Morgan fingerprint density at radius 3 is 2.74 bits per heavy atom. The molecule has 0 spiro atoms. The fraction of sp³-hybridized carbons (Fsp3) is 0.263.